The molecule has 0 saturated heterocycles. The average Bonchev–Trinajstić information content (AvgIpc) is 3.24. The number of nitrogens with zero attached hydrogens (tertiary/aromatic N) is 1. The summed E-state index contributed by atoms with van der Waals surface area (Å²) >= 11 is 6.33. The van der Waals surface area contributed by atoms with Gasteiger partial charge in [-0.3, -0.25) is 0 Å². The zero-order valence-electron chi connectivity index (χ0n) is 12.0. The normalized spacial score (nSPS) is 16.8. The lowest BCUT2D eigenvalue weighted by Gasteiger charge is -2.23. The molecule has 0 bridgehead atoms. The minimum absolute atomic E-state index is 0.370. The van der Waals surface area contributed by atoms with Crippen LogP contribution in [0.1, 0.15) is 44.2 Å². The van der Waals surface area contributed by atoms with Crippen molar-refractivity contribution in [1.29, 1.82) is 0 Å². The van der Waals surface area contributed by atoms with Crippen LogP contribution < -0.4 is 5.32 Å². The summed E-state index contributed by atoms with van der Waals surface area (Å²) in [6, 6.07) is 9.41. The molecule has 2 nitrogen and oxygen atoms in total. The number of hydrogen-bond acceptors (Lipinski definition) is 2. The van der Waals surface area contributed by atoms with E-state index in [9.17, 15) is 0 Å². The van der Waals surface area contributed by atoms with Gasteiger partial charge in [0.2, 0.25) is 0 Å². The third-order valence-electron chi connectivity index (χ3n) is 3.86. The van der Waals surface area contributed by atoms with E-state index in [1.807, 2.05) is 12.1 Å². The van der Waals surface area contributed by atoms with Crippen LogP contribution >= 0.6 is 11.6 Å². The van der Waals surface area contributed by atoms with Gasteiger partial charge in [-0.1, -0.05) is 36.7 Å². The topological polar surface area (TPSA) is 15.3 Å². The van der Waals surface area contributed by atoms with E-state index in [0.29, 0.717) is 6.04 Å². The molecule has 1 aliphatic rings. The fourth-order valence-corrected chi connectivity index (χ4v) is 2.74. The summed E-state index contributed by atoms with van der Waals surface area (Å²) in [6.45, 7) is 4.38. The molecule has 1 aliphatic carbocycles. The summed E-state index contributed by atoms with van der Waals surface area (Å²) in [5.74, 6) is 0. The Morgan fingerprint density at radius 2 is 2.11 bits per heavy atom. The van der Waals surface area contributed by atoms with Crippen molar-refractivity contribution in [2.24, 2.45) is 0 Å². The fraction of sp³-hybridized carbons (Fsp3) is 0.625. The third-order valence-corrected chi connectivity index (χ3v) is 4.21. The number of benzene rings is 1. The summed E-state index contributed by atoms with van der Waals surface area (Å²) < 4.78 is 0. The monoisotopic (exact) mass is 280 g/mol. The highest BCUT2D eigenvalue weighted by Crippen LogP contribution is 2.28. The molecule has 1 atom stereocenters. The molecule has 1 saturated carbocycles. The van der Waals surface area contributed by atoms with E-state index in [4.69, 9.17) is 11.6 Å². The third kappa shape index (κ3) is 4.48. The van der Waals surface area contributed by atoms with Crippen molar-refractivity contribution in [2.45, 2.75) is 44.7 Å². The SMILES string of the molecule is CCCNC(CCN(C)C1CC1)c1ccccc1Cl. The molecule has 3 heteroatoms. The maximum Gasteiger partial charge on any atom is 0.0453 e. The lowest BCUT2D eigenvalue weighted by molar-refractivity contribution is 0.298. The van der Waals surface area contributed by atoms with Crippen LogP contribution in [-0.4, -0.2) is 31.1 Å². The molecule has 2 rings (SSSR count). The molecule has 0 aromatic heterocycles. The van der Waals surface area contributed by atoms with E-state index in [2.05, 4.69) is 36.3 Å². The van der Waals surface area contributed by atoms with Crippen LogP contribution in [0, 0.1) is 0 Å². The Labute approximate surface area is 122 Å². The summed E-state index contributed by atoms with van der Waals surface area (Å²) in [6.07, 6.45) is 5.02. The largest absolute Gasteiger partial charge is 0.310 e. The van der Waals surface area contributed by atoms with Gasteiger partial charge in [0.05, 0.1) is 0 Å². The van der Waals surface area contributed by atoms with Gasteiger partial charge in [-0.2, -0.15) is 0 Å². The van der Waals surface area contributed by atoms with Crippen LogP contribution in [0.4, 0.5) is 0 Å². The molecule has 0 heterocycles. The van der Waals surface area contributed by atoms with Crippen molar-refractivity contribution in [2.75, 3.05) is 20.1 Å². The van der Waals surface area contributed by atoms with Crippen molar-refractivity contribution in [1.82, 2.24) is 10.2 Å². The second-order valence-corrected chi connectivity index (χ2v) is 5.94. The van der Waals surface area contributed by atoms with Gasteiger partial charge < -0.3 is 10.2 Å². The zero-order valence-corrected chi connectivity index (χ0v) is 12.8. The highest BCUT2D eigenvalue weighted by Gasteiger charge is 2.26. The van der Waals surface area contributed by atoms with Gasteiger partial charge in [-0.15, -0.1) is 0 Å². The van der Waals surface area contributed by atoms with Crippen LogP contribution in [0.15, 0.2) is 24.3 Å². The van der Waals surface area contributed by atoms with Crippen molar-refractivity contribution in [3.8, 4) is 0 Å². The minimum Gasteiger partial charge on any atom is -0.310 e. The van der Waals surface area contributed by atoms with Gasteiger partial charge in [0.1, 0.15) is 0 Å². The van der Waals surface area contributed by atoms with Gasteiger partial charge in [0, 0.05) is 17.1 Å². The van der Waals surface area contributed by atoms with E-state index in [-0.39, 0.29) is 0 Å². The van der Waals surface area contributed by atoms with E-state index in [0.717, 1.165) is 37.0 Å². The molecule has 106 valence electrons. The molecular formula is C16H25ClN2. The van der Waals surface area contributed by atoms with Gasteiger partial charge in [0.25, 0.3) is 0 Å². The predicted molar refractivity (Wildman–Crippen MR) is 82.8 cm³/mol. The number of rotatable bonds is 8. The van der Waals surface area contributed by atoms with Crippen LogP contribution in [0.2, 0.25) is 5.02 Å². The second-order valence-electron chi connectivity index (χ2n) is 5.53. The van der Waals surface area contributed by atoms with Crippen molar-refractivity contribution >= 4 is 11.6 Å². The Balaban J connectivity index is 1.96. The average molecular weight is 281 g/mol. The number of halogens is 1. The van der Waals surface area contributed by atoms with Crippen LogP contribution in [0.5, 0.6) is 0 Å². The quantitative estimate of drug-likeness (QED) is 0.778. The fourth-order valence-electron chi connectivity index (χ4n) is 2.47. The maximum atomic E-state index is 6.33. The molecule has 1 aromatic carbocycles. The molecule has 1 unspecified atom stereocenters. The molecule has 1 fully saturated rings. The first kappa shape index (κ1) is 14.8. The van der Waals surface area contributed by atoms with Crippen molar-refractivity contribution < 1.29 is 0 Å². The molecule has 0 spiro atoms. The summed E-state index contributed by atoms with van der Waals surface area (Å²) in [5.41, 5.74) is 1.24. The first-order chi connectivity index (χ1) is 9.22. The Morgan fingerprint density at radius 1 is 1.37 bits per heavy atom. The molecule has 19 heavy (non-hydrogen) atoms. The molecule has 1 aromatic rings. The summed E-state index contributed by atoms with van der Waals surface area (Å²) in [7, 11) is 2.24. The van der Waals surface area contributed by atoms with E-state index in [1.54, 1.807) is 0 Å². The lowest BCUT2D eigenvalue weighted by atomic mass is 10.0. The molecule has 0 aliphatic heterocycles. The standard InChI is InChI=1S/C16H25ClN2/c1-3-11-18-16(10-12-19(2)13-8-9-13)14-6-4-5-7-15(14)17/h4-7,13,16,18H,3,8-12H2,1-2H3. The van der Waals surface area contributed by atoms with E-state index >= 15 is 0 Å². The van der Waals surface area contributed by atoms with Crippen LogP contribution in [0.25, 0.3) is 0 Å². The first-order valence-electron chi connectivity index (χ1n) is 7.40. The van der Waals surface area contributed by atoms with Crippen molar-refractivity contribution in [3.05, 3.63) is 34.9 Å². The van der Waals surface area contributed by atoms with Crippen molar-refractivity contribution in [3.63, 3.8) is 0 Å². The van der Waals surface area contributed by atoms with Crippen LogP contribution in [0.3, 0.4) is 0 Å². The van der Waals surface area contributed by atoms with Crippen LogP contribution in [-0.2, 0) is 0 Å². The van der Waals surface area contributed by atoms with Gasteiger partial charge in [-0.05, 0) is 57.5 Å². The Bertz CT molecular complexity index is 390. The molecular weight excluding hydrogens is 256 g/mol. The summed E-state index contributed by atoms with van der Waals surface area (Å²) in [4.78, 5) is 2.48. The molecule has 1 N–H and O–H groups in total. The number of hydrogen-bond donors (Lipinski definition) is 1. The van der Waals surface area contributed by atoms with Gasteiger partial charge in [-0.25, -0.2) is 0 Å². The number of nitrogens with one attached hydrogen (secondary N) is 1. The van der Waals surface area contributed by atoms with Gasteiger partial charge in [0.15, 0.2) is 0 Å². The minimum atomic E-state index is 0.370. The smallest absolute Gasteiger partial charge is 0.0453 e. The molecule has 0 amide bonds. The van der Waals surface area contributed by atoms with E-state index in [1.165, 1.54) is 18.4 Å². The highest BCUT2D eigenvalue weighted by atomic mass is 35.5. The Kier molecular flexibility index (Phi) is 5.68. The first-order valence-corrected chi connectivity index (χ1v) is 7.78. The molecule has 0 radical (unpaired) electrons. The van der Waals surface area contributed by atoms with E-state index < -0.39 is 0 Å². The highest BCUT2D eigenvalue weighted by molar-refractivity contribution is 6.31. The second kappa shape index (κ2) is 7.28. The lowest BCUT2D eigenvalue weighted by Crippen LogP contribution is -2.29. The maximum absolute atomic E-state index is 6.33. The predicted octanol–water partition coefficient (Wildman–Crippen LogP) is 3.87. The zero-order chi connectivity index (χ0) is 13.7. The Morgan fingerprint density at radius 3 is 2.74 bits per heavy atom. The summed E-state index contributed by atoms with van der Waals surface area (Å²) in [5, 5.41) is 4.51. The Hall–Kier alpha value is -0.570. The van der Waals surface area contributed by atoms with Gasteiger partial charge >= 0.3 is 0 Å².